The molecule has 3 rings (SSSR count). The average Bonchev–Trinajstić information content (AvgIpc) is 2.79. The van der Waals surface area contributed by atoms with Crippen LogP contribution in [0.1, 0.15) is 27.7 Å². The number of fused-ring (bicyclic) bond motifs is 2. The van der Waals surface area contributed by atoms with E-state index in [1.807, 2.05) is 0 Å². The van der Waals surface area contributed by atoms with E-state index in [-0.39, 0.29) is 34.5 Å². The summed E-state index contributed by atoms with van der Waals surface area (Å²) < 4.78 is 0. The molecule has 0 radical (unpaired) electrons. The minimum absolute atomic E-state index is 0.0301. The molecule has 0 spiro atoms. The second-order valence-corrected chi connectivity index (χ2v) is 6.36. The van der Waals surface area contributed by atoms with E-state index in [2.05, 4.69) is 27.7 Å². The van der Waals surface area contributed by atoms with Crippen molar-refractivity contribution in [1.29, 1.82) is 0 Å². The fraction of sp³-hybridized carbons (Fsp3) is 0.833. The molecule has 3 aliphatic rings. The third-order valence-corrected chi connectivity index (χ3v) is 4.88. The van der Waals surface area contributed by atoms with Gasteiger partial charge >= 0.3 is 0 Å². The molecular weight excluding hydrogens is 176 g/mol. The van der Waals surface area contributed by atoms with E-state index in [1.165, 1.54) is 0 Å². The molecule has 0 aromatic rings. The predicted octanol–water partition coefficient (Wildman–Crippen LogP) is 1.68. The van der Waals surface area contributed by atoms with Crippen molar-refractivity contribution >= 4 is 11.6 Å². The van der Waals surface area contributed by atoms with Crippen LogP contribution < -0.4 is 0 Å². The number of carbonyl (C=O) groups is 2. The Bertz CT molecular complexity index is 301. The first-order chi connectivity index (χ1) is 6.31. The maximum Gasteiger partial charge on any atom is 0.141 e. The van der Waals surface area contributed by atoms with Gasteiger partial charge < -0.3 is 0 Å². The Morgan fingerprint density at radius 3 is 1.14 bits per heavy atom. The van der Waals surface area contributed by atoms with Gasteiger partial charge in [0.05, 0.1) is 0 Å². The van der Waals surface area contributed by atoms with Crippen LogP contribution in [-0.4, -0.2) is 11.6 Å². The Balaban J connectivity index is 2.01. The zero-order chi connectivity index (χ0) is 10.5. The Labute approximate surface area is 84.1 Å². The highest BCUT2D eigenvalue weighted by molar-refractivity contribution is 6.09. The van der Waals surface area contributed by atoms with E-state index in [0.717, 1.165) is 0 Å². The summed E-state index contributed by atoms with van der Waals surface area (Å²) in [7, 11) is 0. The lowest BCUT2D eigenvalue weighted by Crippen LogP contribution is -2.19. The lowest BCUT2D eigenvalue weighted by atomic mass is 9.98. The van der Waals surface area contributed by atoms with E-state index >= 15 is 0 Å². The Hall–Kier alpha value is -0.660. The monoisotopic (exact) mass is 192 g/mol. The lowest BCUT2D eigenvalue weighted by Gasteiger charge is -2.03. The summed E-state index contributed by atoms with van der Waals surface area (Å²) in [6.45, 7) is 8.21. The van der Waals surface area contributed by atoms with Gasteiger partial charge in [-0.1, -0.05) is 27.7 Å². The van der Waals surface area contributed by atoms with Gasteiger partial charge in [-0.15, -0.1) is 0 Å². The average molecular weight is 192 g/mol. The smallest absolute Gasteiger partial charge is 0.141 e. The molecule has 0 unspecified atom stereocenters. The quantitative estimate of drug-likeness (QED) is 0.585. The van der Waals surface area contributed by atoms with E-state index in [1.54, 1.807) is 0 Å². The lowest BCUT2D eigenvalue weighted by molar-refractivity contribution is -0.130. The van der Waals surface area contributed by atoms with Crippen LogP contribution in [0, 0.1) is 34.5 Å². The summed E-state index contributed by atoms with van der Waals surface area (Å²) in [4.78, 5) is 24.1. The van der Waals surface area contributed by atoms with Crippen LogP contribution in [0.2, 0.25) is 0 Å². The van der Waals surface area contributed by atoms with Crippen molar-refractivity contribution in [1.82, 2.24) is 0 Å². The minimum atomic E-state index is -0.0301. The van der Waals surface area contributed by atoms with Crippen LogP contribution >= 0.6 is 0 Å². The molecule has 0 aromatic heterocycles. The maximum atomic E-state index is 12.0. The molecule has 4 atom stereocenters. The van der Waals surface area contributed by atoms with Gasteiger partial charge in [0.2, 0.25) is 0 Å². The van der Waals surface area contributed by atoms with Crippen molar-refractivity contribution in [3.63, 3.8) is 0 Å². The van der Waals surface area contributed by atoms with Crippen molar-refractivity contribution < 1.29 is 9.59 Å². The first-order valence-corrected chi connectivity index (χ1v) is 5.38. The third kappa shape index (κ3) is 0.645. The molecule has 0 aromatic carbocycles. The van der Waals surface area contributed by atoms with Gasteiger partial charge in [-0.25, -0.2) is 0 Å². The highest BCUT2D eigenvalue weighted by atomic mass is 16.2. The highest BCUT2D eigenvalue weighted by Gasteiger charge is 2.80. The van der Waals surface area contributed by atoms with E-state index < -0.39 is 0 Å². The zero-order valence-corrected chi connectivity index (χ0v) is 9.13. The Morgan fingerprint density at radius 2 is 0.929 bits per heavy atom. The van der Waals surface area contributed by atoms with Gasteiger partial charge in [0, 0.05) is 23.7 Å². The molecule has 0 heterocycles. The summed E-state index contributed by atoms with van der Waals surface area (Å²) in [6.07, 6.45) is 0. The molecule has 14 heavy (non-hydrogen) atoms. The number of hydrogen-bond acceptors (Lipinski definition) is 2. The predicted molar refractivity (Wildman–Crippen MR) is 51.5 cm³/mol. The van der Waals surface area contributed by atoms with Crippen LogP contribution in [-0.2, 0) is 9.59 Å². The van der Waals surface area contributed by atoms with E-state index in [0.29, 0.717) is 11.6 Å². The SMILES string of the molecule is CC1(C)[C@@H]2C(=O)[C@@H]3[C@H](C(=O)[C@@H]21)C3(C)C. The Kier molecular flexibility index (Phi) is 1.14. The second kappa shape index (κ2) is 1.84. The zero-order valence-electron chi connectivity index (χ0n) is 9.13. The molecule has 3 saturated carbocycles. The Morgan fingerprint density at radius 1 is 0.714 bits per heavy atom. The van der Waals surface area contributed by atoms with Crippen LogP contribution in [0.5, 0.6) is 0 Å². The molecule has 0 N–H and O–H groups in total. The molecule has 2 nitrogen and oxygen atoms in total. The van der Waals surface area contributed by atoms with Crippen molar-refractivity contribution in [2.75, 3.05) is 0 Å². The van der Waals surface area contributed by atoms with Crippen molar-refractivity contribution in [3.8, 4) is 0 Å². The van der Waals surface area contributed by atoms with Gasteiger partial charge in [0.25, 0.3) is 0 Å². The third-order valence-electron chi connectivity index (χ3n) is 4.88. The van der Waals surface area contributed by atoms with Crippen LogP contribution in [0.4, 0.5) is 0 Å². The number of rotatable bonds is 0. The van der Waals surface area contributed by atoms with Crippen LogP contribution in [0.3, 0.4) is 0 Å². The van der Waals surface area contributed by atoms with Crippen LogP contribution in [0.15, 0.2) is 0 Å². The molecule has 76 valence electrons. The fourth-order valence-electron chi connectivity index (χ4n) is 3.79. The van der Waals surface area contributed by atoms with E-state index in [4.69, 9.17) is 0 Å². The van der Waals surface area contributed by atoms with Crippen molar-refractivity contribution in [3.05, 3.63) is 0 Å². The molecule has 3 fully saturated rings. The standard InChI is InChI=1S/C12H16O2/c1-11(2)5-6(11)10(14)8-7(9(5)13)12(8,3)4/h5-8H,1-4H3/t5-,6+,7-,8+. The molecule has 0 amide bonds. The molecule has 0 bridgehead atoms. The molecule has 3 aliphatic carbocycles. The van der Waals surface area contributed by atoms with Crippen molar-refractivity contribution in [2.24, 2.45) is 34.5 Å². The minimum Gasteiger partial charge on any atom is -0.299 e. The number of hydrogen-bond donors (Lipinski definition) is 0. The van der Waals surface area contributed by atoms with Gasteiger partial charge in [0.15, 0.2) is 0 Å². The topological polar surface area (TPSA) is 34.1 Å². The number of carbonyl (C=O) groups excluding carboxylic acids is 2. The summed E-state index contributed by atoms with van der Waals surface area (Å²) >= 11 is 0. The summed E-state index contributed by atoms with van der Waals surface area (Å²) in [6, 6.07) is 0. The molecule has 0 aliphatic heterocycles. The normalized spacial score (nSPS) is 50.9. The van der Waals surface area contributed by atoms with Gasteiger partial charge in [-0.2, -0.15) is 0 Å². The molecule has 2 heteroatoms. The largest absolute Gasteiger partial charge is 0.299 e. The fourth-order valence-corrected chi connectivity index (χ4v) is 3.79. The number of Topliss-reactive ketones (excluding diaryl/α,β-unsaturated/α-hetero) is 2. The van der Waals surface area contributed by atoms with Gasteiger partial charge in [-0.05, 0) is 10.8 Å². The van der Waals surface area contributed by atoms with Crippen LogP contribution in [0.25, 0.3) is 0 Å². The molecular formula is C12H16O2. The van der Waals surface area contributed by atoms with Gasteiger partial charge in [0.1, 0.15) is 11.6 Å². The second-order valence-electron chi connectivity index (χ2n) is 6.36. The maximum absolute atomic E-state index is 12.0. The highest BCUT2D eigenvalue weighted by Crippen LogP contribution is 2.74. The van der Waals surface area contributed by atoms with E-state index in [9.17, 15) is 9.59 Å². The first kappa shape index (κ1) is 8.63. The van der Waals surface area contributed by atoms with Gasteiger partial charge in [-0.3, -0.25) is 9.59 Å². The summed E-state index contributed by atoms with van der Waals surface area (Å²) in [5.41, 5.74) is -0.0602. The summed E-state index contributed by atoms with van der Waals surface area (Å²) in [5.74, 6) is 0.955. The first-order valence-electron chi connectivity index (χ1n) is 5.38. The van der Waals surface area contributed by atoms with Crippen molar-refractivity contribution in [2.45, 2.75) is 27.7 Å². The number of ketones is 2. The molecule has 0 saturated heterocycles. The summed E-state index contributed by atoms with van der Waals surface area (Å²) in [5, 5.41) is 0.